The largest absolute Gasteiger partial charge is 0.396 e. The van der Waals surface area contributed by atoms with E-state index >= 15 is 0 Å². The fourth-order valence-corrected chi connectivity index (χ4v) is 2.33. The van der Waals surface area contributed by atoms with Crippen molar-refractivity contribution < 1.29 is 5.11 Å². The van der Waals surface area contributed by atoms with E-state index < -0.39 is 0 Å². The van der Waals surface area contributed by atoms with Crippen molar-refractivity contribution in [1.29, 1.82) is 0 Å². The van der Waals surface area contributed by atoms with Gasteiger partial charge in [0.25, 0.3) is 0 Å². The zero-order valence-electron chi connectivity index (χ0n) is 7.46. The van der Waals surface area contributed by atoms with Gasteiger partial charge in [-0.05, 0) is 42.4 Å². The Kier molecular flexibility index (Phi) is 2.70. The summed E-state index contributed by atoms with van der Waals surface area (Å²) in [6, 6.07) is 6.44. The average Bonchev–Trinajstić information content (AvgIpc) is 2.88. The monoisotopic (exact) mass is 240 g/mol. The molecule has 0 heterocycles. The summed E-state index contributed by atoms with van der Waals surface area (Å²) in [4.78, 5) is 0. The highest BCUT2D eigenvalue weighted by Gasteiger charge is 2.25. The van der Waals surface area contributed by atoms with Gasteiger partial charge in [-0.25, -0.2) is 0 Å². The lowest BCUT2D eigenvalue weighted by molar-refractivity contribution is 0.299. The maximum Gasteiger partial charge on any atom is 0.0471 e. The molecule has 0 aromatic heterocycles. The molecule has 0 atom stereocenters. The topological polar surface area (TPSA) is 20.2 Å². The van der Waals surface area contributed by atoms with Crippen LogP contribution in [0.5, 0.6) is 0 Å². The number of aliphatic hydroxyl groups excluding tert-OH is 1. The first-order chi connectivity index (χ1) is 6.31. The molecule has 0 amide bonds. The van der Waals surface area contributed by atoms with Crippen LogP contribution in [0.15, 0.2) is 22.7 Å². The van der Waals surface area contributed by atoms with Crippen LogP contribution in [0.2, 0.25) is 0 Å². The second kappa shape index (κ2) is 3.81. The van der Waals surface area contributed by atoms with E-state index in [0.717, 1.165) is 12.3 Å². The molecule has 2 heteroatoms. The second-order valence-electron chi connectivity index (χ2n) is 3.60. The number of benzene rings is 1. The minimum Gasteiger partial charge on any atom is -0.396 e. The quantitative estimate of drug-likeness (QED) is 0.862. The van der Waals surface area contributed by atoms with Crippen LogP contribution in [0.25, 0.3) is 0 Å². The predicted molar refractivity (Wildman–Crippen MR) is 56.9 cm³/mol. The third-order valence-electron chi connectivity index (χ3n) is 2.48. The van der Waals surface area contributed by atoms with Crippen molar-refractivity contribution in [3.8, 4) is 0 Å². The summed E-state index contributed by atoms with van der Waals surface area (Å²) in [5, 5.41) is 8.79. The Bertz CT molecular complexity index is 305. The van der Waals surface area contributed by atoms with Crippen LogP contribution in [0.4, 0.5) is 0 Å². The molecule has 0 radical (unpaired) electrons. The van der Waals surface area contributed by atoms with Crippen LogP contribution in [0, 0.1) is 0 Å². The number of hydrogen-bond acceptors (Lipinski definition) is 1. The van der Waals surface area contributed by atoms with Gasteiger partial charge in [-0.15, -0.1) is 0 Å². The Morgan fingerprint density at radius 1 is 1.38 bits per heavy atom. The minimum absolute atomic E-state index is 0.231. The SMILES string of the molecule is OCCc1ccc(C2CC2)c(Br)c1. The maximum atomic E-state index is 8.79. The van der Waals surface area contributed by atoms with Gasteiger partial charge in [0.1, 0.15) is 0 Å². The van der Waals surface area contributed by atoms with Gasteiger partial charge in [-0.1, -0.05) is 28.1 Å². The first-order valence-corrected chi connectivity index (χ1v) is 5.49. The molecule has 1 aromatic rings. The Labute approximate surface area is 86.9 Å². The molecule has 0 unspecified atom stereocenters. The summed E-state index contributed by atoms with van der Waals surface area (Å²) >= 11 is 3.58. The third-order valence-corrected chi connectivity index (χ3v) is 3.17. The van der Waals surface area contributed by atoms with Gasteiger partial charge in [0.05, 0.1) is 0 Å². The van der Waals surface area contributed by atoms with Crippen LogP contribution in [0.3, 0.4) is 0 Å². The molecule has 1 N–H and O–H groups in total. The van der Waals surface area contributed by atoms with E-state index in [1.165, 1.54) is 28.4 Å². The molecule has 0 aliphatic heterocycles. The number of aliphatic hydroxyl groups is 1. The molecular weight excluding hydrogens is 228 g/mol. The Morgan fingerprint density at radius 2 is 2.15 bits per heavy atom. The van der Waals surface area contributed by atoms with Gasteiger partial charge in [0, 0.05) is 11.1 Å². The molecule has 0 bridgehead atoms. The molecule has 1 fully saturated rings. The fraction of sp³-hybridized carbons (Fsp3) is 0.455. The summed E-state index contributed by atoms with van der Waals surface area (Å²) in [6.07, 6.45) is 3.42. The molecule has 0 saturated heterocycles. The second-order valence-corrected chi connectivity index (χ2v) is 4.46. The number of rotatable bonds is 3. The zero-order valence-corrected chi connectivity index (χ0v) is 9.05. The molecule has 1 saturated carbocycles. The zero-order chi connectivity index (χ0) is 9.26. The van der Waals surface area contributed by atoms with Crippen LogP contribution in [0.1, 0.15) is 29.9 Å². The summed E-state index contributed by atoms with van der Waals surface area (Å²) in [7, 11) is 0. The smallest absolute Gasteiger partial charge is 0.0471 e. The van der Waals surface area contributed by atoms with Crippen LogP contribution >= 0.6 is 15.9 Å². The first-order valence-electron chi connectivity index (χ1n) is 4.70. The highest BCUT2D eigenvalue weighted by atomic mass is 79.9. The van der Waals surface area contributed by atoms with E-state index in [1.54, 1.807) is 0 Å². The van der Waals surface area contributed by atoms with E-state index in [2.05, 4.69) is 34.1 Å². The highest BCUT2D eigenvalue weighted by molar-refractivity contribution is 9.10. The van der Waals surface area contributed by atoms with Gasteiger partial charge in [-0.2, -0.15) is 0 Å². The summed E-state index contributed by atoms with van der Waals surface area (Å²) in [5.41, 5.74) is 2.64. The fourth-order valence-electron chi connectivity index (χ4n) is 1.58. The van der Waals surface area contributed by atoms with Gasteiger partial charge in [-0.3, -0.25) is 0 Å². The van der Waals surface area contributed by atoms with Crippen LogP contribution in [-0.2, 0) is 6.42 Å². The first kappa shape index (κ1) is 9.22. The van der Waals surface area contributed by atoms with E-state index in [4.69, 9.17) is 5.11 Å². The Hall–Kier alpha value is -0.340. The van der Waals surface area contributed by atoms with Gasteiger partial charge in [0.2, 0.25) is 0 Å². The molecule has 1 aliphatic carbocycles. The molecule has 1 aliphatic rings. The van der Waals surface area contributed by atoms with Crippen LogP contribution < -0.4 is 0 Å². The van der Waals surface area contributed by atoms with E-state index in [0.29, 0.717) is 0 Å². The molecule has 13 heavy (non-hydrogen) atoms. The molecule has 1 nitrogen and oxygen atoms in total. The standard InChI is InChI=1S/C11H13BrO/c12-11-7-8(5-6-13)1-4-10(11)9-2-3-9/h1,4,7,9,13H,2-3,5-6H2. The normalized spacial score (nSPS) is 16.2. The van der Waals surface area contributed by atoms with Crippen molar-refractivity contribution in [2.75, 3.05) is 6.61 Å². The van der Waals surface area contributed by atoms with Gasteiger partial charge in [0.15, 0.2) is 0 Å². The summed E-state index contributed by atoms with van der Waals surface area (Å²) in [6.45, 7) is 0.231. The molecule has 2 rings (SSSR count). The summed E-state index contributed by atoms with van der Waals surface area (Å²) in [5.74, 6) is 0.789. The Balaban J connectivity index is 2.21. The predicted octanol–water partition coefficient (Wildman–Crippen LogP) is 2.86. The van der Waals surface area contributed by atoms with Crippen molar-refractivity contribution in [2.45, 2.75) is 25.2 Å². The van der Waals surface area contributed by atoms with E-state index in [1.807, 2.05) is 0 Å². The number of hydrogen-bond donors (Lipinski definition) is 1. The average molecular weight is 241 g/mol. The Morgan fingerprint density at radius 3 is 2.69 bits per heavy atom. The lowest BCUT2D eigenvalue weighted by atomic mass is 10.1. The maximum absolute atomic E-state index is 8.79. The van der Waals surface area contributed by atoms with Crippen LogP contribution in [-0.4, -0.2) is 11.7 Å². The van der Waals surface area contributed by atoms with Gasteiger partial charge < -0.3 is 5.11 Å². The van der Waals surface area contributed by atoms with Crippen molar-refractivity contribution in [1.82, 2.24) is 0 Å². The van der Waals surface area contributed by atoms with E-state index in [9.17, 15) is 0 Å². The lowest BCUT2D eigenvalue weighted by Crippen LogP contribution is -1.92. The van der Waals surface area contributed by atoms with Crippen molar-refractivity contribution in [3.05, 3.63) is 33.8 Å². The van der Waals surface area contributed by atoms with Crippen molar-refractivity contribution in [3.63, 3.8) is 0 Å². The highest BCUT2D eigenvalue weighted by Crippen LogP contribution is 2.43. The van der Waals surface area contributed by atoms with E-state index in [-0.39, 0.29) is 6.61 Å². The van der Waals surface area contributed by atoms with Crippen molar-refractivity contribution in [2.24, 2.45) is 0 Å². The minimum atomic E-state index is 0.231. The lowest BCUT2D eigenvalue weighted by Gasteiger charge is -2.04. The molecular formula is C11H13BrO. The third kappa shape index (κ3) is 2.12. The molecule has 1 aromatic carbocycles. The van der Waals surface area contributed by atoms with Crippen molar-refractivity contribution >= 4 is 15.9 Å². The van der Waals surface area contributed by atoms with Gasteiger partial charge >= 0.3 is 0 Å². The summed E-state index contributed by atoms with van der Waals surface area (Å²) < 4.78 is 1.21. The molecule has 70 valence electrons. The number of halogens is 1. The molecule has 0 spiro atoms.